The molecule has 2 aliphatic heterocycles. The van der Waals surface area contributed by atoms with Gasteiger partial charge in [0.1, 0.15) is 6.10 Å². The summed E-state index contributed by atoms with van der Waals surface area (Å²) < 4.78 is 18.2. The predicted molar refractivity (Wildman–Crippen MR) is 132 cm³/mol. The van der Waals surface area contributed by atoms with Crippen molar-refractivity contribution in [2.24, 2.45) is 17.8 Å². The summed E-state index contributed by atoms with van der Waals surface area (Å²) in [4.78, 5) is 28.3. The zero-order chi connectivity index (χ0) is 25.9. The van der Waals surface area contributed by atoms with Crippen LogP contribution >= 0.6 is 0 Å². The lowest BCUT2D eigenvalue weighted by atomic mass is 9.81. The average molecular weight is 478 g/mol. The van der Waals surface area contributed by atoms with E-state index in [1.165, 1.54) is 0 Å². The summed E-state index contributed by atoms with van der Waals surface area (Å²) in [6, 6.07) is 0.0751. The first-order valence-corrected chi connectivity index (χ1v) is 12.3. The summed E-state index contributed by atoms with van der Waals surface area (Å²) in [7, 11) is 3.97. The Bertz CT molecular complexity index is 805. The second-order valence-corrected chi connectivity index (χ2v) is 10.3. The van der Waals surface area contributed by atoms with E-state index < -0.39 is 42.4 Å². The monoisotopic (exact) mass is 477 g/mol. The van der Waals surface area contributed by atoms with Gasteiger partial charge in [-0.25, -0.2) is 4.79 Å². The van der Waals surface area contributed by atoms with Crippen LogP contribution in [0.1, 0.15) is 53.9 Å². The van der Waals surface area contributed by atoms with E-state index in [9.17, 15) is 14.7 Å². The van der Waals surface area contributed by atoms with E-state index in [-0.39, 0.29) is 35.0 Å². The zero-order valence-electron chi connectivity index (χ0n) is 21.9. The Morgan fingerprint density at radius 1 is 1.06 bits per heavy atom. The number of rotatable bonds is 4. The Morgan fingerprint density at radius 2 is 1.68 bits per heavy atom. The van der Waals surface area contributed by atoms with Gasteiger partial charge in [0, 0.05) is 23.5 Å². The summed E-state index contributed by atoms with van der Waals surface area (Å²) in [6.45, 7) is 21.4. The third-order valence-corrected chi connectivity index (χ3v) is 7.25. The highest BCUT2D eigenvalue weighted by atomic mass is 16.7. The third-order valence-electron chi connectivity index (χ3n) is 7.25. The normalized spacial score (nSPS) is 39.0. The topological polar surface area (TPSA) is 85.3 Å². The van der Waals surface area contributed by atoms with Crippen LogP contribution in [-0.2, 0) is 23.8 Å². The van der Waals surface area contributed by atoms with Crippen LogP contribution in [0.5, 0.6) is 0 Å². The summed E-state index contributed by atoms with van der Waals surface area (Å²) in [5, 5.41) is 10.7. The molecule has 0 bridgehead atoms. The van der Waals surface area contributed by atoms with Crippen LogP contribution in [0.2, 0.25) is 0 Å². The summed E-state index contributed by atoms with van der Waals surface area (Å²) in [6.07, 6.45) is -1.52. The van der Waals surface area contributed by atoms with E-state index in [0.717, 1.165) is 12.0 Å². The number of carbonyl (C=O) groups excluding carboxylic acids is 2. The van der Waals surface area contributed by atoms with Crippen LogP contribution in [0.25, 0.3) is 0 Å². The van der Waals surface area contributed by atoms with Gasteiger partial charge in [-0.1, -0.05) is 47.4 Å². The highest BCUT2D eigenvalue weighted by Crippen LogP contribution is 2.34. The number of aliphatic hydroxyl groups is 1. The maximum Gasteiger partial charge on any atom is 0.336 e. The minimum absolute atomic E-state index is 0.0553. The largest absolute Gasteiger partial charge is 0.459 e. The number of ether oxygens (including phenoxy) is 3. The summed E-state index contributed by atoms with van der Waals surface area (Å²) in [5.74, 6) is -1.94. The Balaban J connectivity index is 2.39. The molecule has 0 aromatic heterocycles. The van der Waals surface area contributed by atoms with Gasteiger partial charge >= 0.3 is 5.97 Å². The van der Waals surface area contributed by atoms with E-state index >= 15 is 0 Å². The minimum Gasteiger partial charge on any atom is -0.459 e. The fraction of sp³-hybridized carbons (Fsp3) is 0.704. The molecule has 2 aliphatic rings. The molecule has 34 heavy (non-hydrogen) atoms. The number of hydrogen-bond donors (Lipinski definition) is 1. The highest BCUT2D eigenvalue weighted by molar-refractivity contribution is 5.97. The second kappa shape index (κ2) is 11.8. The Labute approximate surface area is 204 Å². The van der Waals surface area contributed by atoms with Gasteiger partial charge in [-0.3, -0.25) is 4.79 Å². The number of hydrogen-bond acceptors (Lipinski definition) is 7. The molecule has 7 nitrogen and oxygen atoms in total. The van der Waals surface area contributed by atoms with Gasteiger partial charge in [0.2, 0.25) is 0 Å². The van der Waals surface area contributed by atoms with Crippen molar-refractivity contribution >= 4 is 11.8 Å². The fourth-order valence-corrected chi connectivity index (χ4v) is 4.99. The number of aliphatic hydroxyl groups excluding tert-OH is 1. The molecule has 2 saturated heterocycles. The standard InChI is InChI=1S/C27H43NO6/c1-11-22-18(6)24(30)19(7)23(29)14(2)12-15(3)25(20(8)26(31)33-22)34-27-17(5)21(28(9)10)13-16(4)32-27/h14-16,18,21-22,24-25,27,30H,5,7-8,11-13H2,1-4,6,9-10H3/t14-,15+,16-,18+,21+,22-,24+,25+,27+/m1/s1. The molecular formula is C27H43NO6. The molecule has 2 heterocycles. The highest BCUT2D eigenvalue weighted by Gasteiger charge is 2.40. The quantitative estimate of drug-likeness (QED) is 0.376. The van der Waals surface area contributed by atoms with Crippen molar-refractivity contribution in [1.82, 2.24) is 4.90 Å². The number of carbonyl (C=O) groups is 2. The van der Waals surface area contributed by atoms with Crippen LogP contribution in [0.4, 0.5) is 0 Å². The van der Waals surface area contributed by atoms with E-state index in [1.807, 2.05) is 41.8 Å². The molecule has 7 heteroatoms. The van der Waals surface area contributed by atoms with Crippen molar-refractivity contribution in [3.05, 3.63) is 36.5 Å². The van der Waals surface area contributed by atoms with Gasteiger partial charge in [-0.15, -0.1) is 0 Å². The van der Waals surface area contributed by atoms with Crippen molar-refractivity contribution in [2.45, 2.75) is 90.6 Å². The molecule has 0 saturated carbocycles. The Morgan fingerprint density at radius 3 is 2.24 bits per heavy atom. The molecule has 0 aliphatic carbocycles. The van der Waals surface area contributed by atoms with Gasteiger partial charge in [0.15, 0.2) is 12.1 Å². The van der Waals surface area contributed by atoms with E-state index in [0.29, 0.717) is 12.8 Å². The first kappa shape index (κ1) is 28.4. The summed E-state index contributed by atoms with van der Waals surface area (Å²) in [5.41, 5.74) is 1.09. The molecule has 2 fully saturated rings. The second-order valence-electron chi connectivity index (χ2n) is 10.3. The molecule has 192 valence electrons. The fourth-order valence-electron chi connectivity index (χ4n) is 4.99. The first-order chi connectivity index (χ1) is 15.8. The van der Waals surface area contributed by atoms with Gasteiger partial charge < -0.3 is 24.2 Å². The van der Waals surface area contributed by atoms with E-state index in [1.54, 1.807) is 6.92 Å². The number of cyclic esters (lactones) is 1. The average Bonchev–Trinajstić information content (AvgIpc) is 2.79. The molecule has 0 aromatic rings. The maximum atomic E-state index is 13.2. The van der Waals surface area contributed by atoms with Gasteiger partial charge in [0.25, 0.3) is 0 Å². The Hall–Kier alpha value is -1.80. The number of likely N-dealkylation sites (N-methyl/N-ethyl adjacent to an activating group) is 1. The van der Waals surface area contributed by atoms with Crippen LogP contribution < -0.4 is 0 Å². The lowest BCUT2D eigenvalue weighted by Crippen LogP contribution is -2.47. The van der Waals surface area contributed by atoms with Crippen molar-refractivity contribution < 1.29 is 28.9 Å². The van der Waals surface area contributed by atoms with Crippen LogP contribution in [0.3, 0.4) is 0 Å². The van der Waals surface area contributed by atoms with Crippen molar-refractivity contribution in [2.75, 3.05) is 14.1 Å². The number of ketones is 1. The lowest BCUT2D eigenvalue weighted by molar-refractivity contribution is -0.195. The molecule has 0 amide bonds. The third kappa shape index (κ3) is 6.25. The molecule has 2 rings (SSSR count). The van der Waals surface area contributed by atoms with Crippen LogP contribution in [0, 0.1) is 17.8 Å². The SMILES string of the molecule is C=C1C(=O)[C@H](C)C[C@H](C)[C@H](O[C@@H]2O[C@H](C)C[C@H](N(C)C)C2=C)C(=C)C(=O)O[C@H](CC)[C@H](C)[C@@H]1O. The number of esters is 1. The predicted octanol–water partition coefficient (Wildman–Crippen LogP) is 3.67. The number of nitrogens with zero attached hydrogens (tertiary/aromatic N) is 1. The van der Waals surface area contributed by atoms with Crippen LogP contribution in [0.15, 0.2) is 36.5 Å². The zero-order valence-corrected chi connectivity index (χ0v) is 21.9. The van der Waals surface area contributed by atoms with Gasteiger partial charge in [0.05, 0.1) is 23.9 Å². The van der Waals surface area contributed by atoms with Gasteiger partial charge in [-0.2, -0.15) is 0 Å². The minimum atomic E-state index is -1.09. The van der Waals surface area contributed by atoms with Crippen molar-refractivity contribution in [3.8, 4) is 0 Å². The smallest absolute Gasteiger partial charge is 0.336 e. The molecule has 0 unspecified atom stereocenters. The van der Waals surface area contributed by atoms with E-state index in [4.69, 9.17) is 14.2 Å². The first-order valence-electron chi connectivity index (χ1n) is 12.3. The molecule has 0 aromatic carbocycles. The molecule has 0 radical (unpaired) electrons. The maximum absolute atomic E-state index is 13.2. The van der Waals surface area contributed by atoms with Gasteiger partial charge in [-0.05, 0) is 51.8 Å². The van der Waals surface area contributed by atoms with E-state index in [2.05, 4.69) is 24.6 Å². The molecule has 9 atom stereocenters. The van der Waals surface area contributed by atoms with Crippen molar-refractivity contribution in [1.29, 1.82) is 0 Å². The summed E-state index contributed by atoms with van der Waals surface area (Å²) >= 11 is 0. The molecule has 1 N–H and O–H groups in total. The van der Waals surface area contributed by atoms with Crippen molar-refractivity contribution in [3.63, 3.8) is 0 Å². The Kier molecular flexibility index (Phi) is 9.83. The number of Topliss-reactive ketones (excluding diaryl/α,β-unsaturated/α-hetero) is 1. The molecule has 0 spiro atoms. The van der Waals surface area contributed by atoms with Crippen LogP contribution in [-0.4, -0.2) is 72.6 Å². The molecular weight excluding hydrogens is 434 g/mol. The lowest BCUT2D eigenvalue weighted by Gasteiger charge is -2.41.